The lowest BCUT2D eigenvalue weighted by Crippen LogP contribution is -2.70. The van der Waals surface area contributed by atoms with Gasteiger partial charge in [0.2, 0.25) is 0 Å². The Morgan fingerprint density at radius 3 is 1.80 bits per heavy atom. The summed E-state index contributed by atoms with van der Waals surface area (Å²) in [5, 5.41) is 155. The normalized spacial score (nSPS) is 51.9. The molecule has 25 heteroatoms. The van der Waals surface area contributed by atoms with Crippen molar-refractivity contribution in [3.8, 4) is 0 Å². The lowest BCUT2D eigenvalue weighted by Gasteiger charge is -2.72. The Kier molecular flexibility index (Phi) is 18.9. The molecule has 480 valence electrons. The second-order valence-corrected chi connectivity index (χ2v) is 27.9. The first-order chi connectivity index (χ1) is 39.2. The van der Waals surface area contributed by atoms with Crippen LogP contribution in [0, 0.1) is 50.2 Å². The van der Waals surface area contributed by atoms with Crippen molar-refractivity contribution in [1.29, 1.82) is 0 Å². The highest BCUT2D eigenvalue weighted by Gasteiger charge is 2.72. The first-order valence-corrected chi connectivity index (χ1v) is 29.9. The standard InChI is InChI=1S/C59H94O25/c1-11-24(2)49(75)79-34-20-54(4,5)18-27-26-12-13-31-56(8)16-15-33(55(6,7)30(56)14-17-57(31,9)58(26,10)19-32(63)59(27,34)23-62)80-53-47(84-51-42(71)39(68)36(65)28(21-60)77-51)44(43(72)45(82-53)48(73)74)81-52-46(40(69)37(66)29(22-61)78-52)83-50-41(70)38(67)35(64)25(3)76-50/h11-12,25,27-47,50-53,60-72H,13-23H2,1-10H3,(H,73,74). The van der Waals surface area contributed by atoms with E-state index in [4.69, 9.17) is 42.6 Å². The molecule has 0 aromatic heterocycles. The molecule has 4 heterocycles. The molecule has 0 bridgehead atoms. The van der Waals surface area contributed by atoms with Gasteiger partial charge in [-0.3, -0.25) is 0 Å². The number of carboxylic acids is 1. The lowest BCUT2D eigenvalue weighted by atomic mass is 9.33. The Bertz CT molecular complexity index is 2420. The average molecular weight is 1200 g/mol. The minimum absolute atomic E-state index is 0.0468. The van der Waals surface area contributed by atoms with Crippen LogP contribution in [0.15, 0.2) is 23.3 Å². The van der Waals surface area contributed by atoms with Crippen molar-refractivity contribution < 1.29 is 124 Å². The van der Waals surface area contributed by atoms with Crippen molar-refractivity contribution in [3.63, 3.8) is 0 Å². The third kappa shape index (κ3) is 10.8. The molecule has 4 saturated heterocycles. The first-order valence-electron chi connectivity index (χ1n) is 29.9. The van der Waals surface area contributed by atoms with Gasteiger partial charge in [0.15, 0.2) is 31.3 Å². The van der Waals surface area contributed by atoms with E-state index in [0.717, 1.165) is 0 Å². The number of ether oxygens (including phenoxy) is 9. The Hall–Kier alpha value is -2.42. The number of carboxylic acid groups (broad SMARTS) is 1. The molecule has 9 rings (SSSR count). The molecule has 25 nitrogen and oxygen atoms in total. The van der Waals surface area contributed by atoms with Crippen molar-refractivity contribution in [1.82, 2.24) is 0 Å². The van der Waals surface area contributed by atoms with Gasteiger partial charge >= 0.3 is 11.9 Å². The Morgan fingerprint density at radius 1 is 0.619 bits per heavy atom. The number of hydrogen-bond donors (Lipinski definition) is 14. The quantitative estimate of drug-likeness (QED) is 0.0430. The van der Waals surface area contributed by atoms with E-state index in [1.54, 1.807) is 19.9 Å². The fraction of sp³-hybridized carbons (Fsp3) is 0.898. The van der Waals surface area contributed by atoms with Gasteiger partial charge in [-0.05, 0) is 117 Å². The highest BCUT2D eigenvalue weighted by Crippen LogP contribution is 2.76. The molecule has 4 saturated carbocycles. The van der Waals surface area contributed by atoms with Crippen molar-refractivity contribution in [2.75, 3.05) is 19.8 Å². The zero-order valence-electron chi connectivity index (χ0n) is 49.7. The maximum atomic E-state index is 13.4. The number of aliphatic carboxylic acids is 1. The summed E-state index contributed by atoms with van der Waals surface area (Å²) in [6, 6.07) is 0. The van der Waals surface area contributed by atoms with Crippen molar-refractivity contribution in [3.05, 3.63) is 23.3 Å². The van der Waals surface area contributed by atoms with Crippen molar-refractivity contribution in [2.45, 2.75) is 262 Å². The lowest BCUT2D eigenvalue weighted by molar-refractivity contribution is -0.406. The number of allylic oxidation sites excluding steroid dienone is 3. The van der Waals surface area contributed by atoms with Crippen LogP contribution >= 0.6 is 0 Å². The molecule has 0 aromatic rings. The molecule has 30 atom stereocenters. The van der Waals surface area contributed by atoms with Crippen LogP contribution < -0.4 is 0 Å². The van der Waals surface area contributed by atoms with E-state index in [2.05, 4.69) is 40.7 Å². The van der Waals surface area contributed by atoms with Gasteiger partial charge in [-0.15, -0.1) is 0 Å². The summed E-state index contributed by atoms with van der Waals surface area (Å²) < 4.78 is 55.4. The molecule has 30 unspecified atom stereocenters. The molecule has 8 fully saturated rings. The van der Waals surface area contributed by atoms with E-state index in [0.29, 0.717) is 56.9 Å². The SMILES string of the molecule is CC=C(C)C(=O)OC1CC(C)(C)CC2C3=CCC4C5(C)CCC(OC6OC(C(=O)O)C(O)C(OC7OC(CO)C(O)C(O)C7OC7OC(C)C(O)C(O)C7O)C6OC6OC(CO)C(O)C(O)C6O)C(C)(C)C5CCC4(C)C3(C)CC(O)C12CO. The number of hydrogen-bond acceptors (Lipinski definition) is 24. The predicted molar refractivity (Wildman–Crippen MR) is 288 cm³/mol. The van der Waals surface area contributed by atoms with E-state index in [-0.39, 0.29) is 35.2 Å². The molecule has 5 aliphatic carbocycles. The van der Waals surface area contributed by atoms with Crippen molar-refractivity contribution in [2.24, 2.45) is 50.2 Å². The molecule has 0 radical (unpaired) electrons. The van der Waals surface area contributed by atoms with Crippen LogP contribution in [0.25, 0.3) is 0 Å². The van der Waals surface area contributed by atoms with E-state index < -0.39 is 188 Å². The topological polar surface area (TPSA) is 400 Å². The maximum absolute atomic E-state index is 13.4. The van der Waals surface area contributed by atoms with Crippen LogP contribution in [0.3, 0.4) is 0 Å². The van der Waals surface area contributed by atoms with Crippen LogP contribution in [-0.2, 0) is 52.2 Å². The number of aliphatic hydroxyl groups excluding tert-OH is 13. The first kappa shape index (κ1) is 66.0. The predicted octanol–water partition coefficient (Wildman–Crippen LogP) is -0.983. The van der Waals surface area contributed by atoms with Gasteiger partial charge in [-0.25, -0.2) is 9.59 Å². The summed E-state index contributed by atoms with van der Waals surface area (Å²) in [7, 11) is 0. The average Bonchev–Trinajstić information content (AvgIpc) is 0.685. The third-order valence-electron chi connectivity index (χ3n) is 22.5. The number of carbonyl (C=O) groups is 2. The number of carbonyl (C=O) groups excluding carboxylic acids is 1. The molecular weight excluding hydrogens is 1110 g/mol. The zero-order chi connectivity index (χ0) is 61.9. The number of rotatable bonds is 14. The molecule has 84 heavy (non-hydrogen) atoms. The Morgan fingerprint density at radius 2 is 1.19 bits per heavy atom. The summed E-state index contributed by atoms with van der Waals surface area (Å²) in [4.78, 5) is 26.7. The monoisotopic (exact) mass is 1200 g/mol. The smallest absolute Gasteiger partial charge is 0.335 e. The summed E-state index contributed by atoms with van der Waals surface area (Å²) in [6.07, 6.45) is -31.8. The minimum atomic E-state index is -2.26. The summed E-state index contributed by atoms with van der Waals surface area (Å²) in [6.45, 7) is 17.8. The highest BCUT2D eigenvalue weighted by molar-refractivity contribution is 5.87. The van der Waals surface area contributed by atoms with Gasteiger partial charge in [-0.2, -0.15) is 0 Å². The Balaban J connectivity index is 1.04. The minimum Gasteiger partial charge on any atom is -0.479 e. The molecular formula is C59H94O25. The molecule has 0 aromatic carbocycles. The van der Waals surface area contributed by atoms with Crippen LogP contribution in [0.1, 0.15) is 121 Å². The molecule has 0 amide bonds. The van der Waals surface area contributed by atoms with Gasteiger partial charge < -0.3 is 114 Å². The summed E-state index contributed by atoms with van der Waals surface area (Å²) in [5.41, 5.74) is -1.94. The van der Waals surface area contributed by atoms with Gasteiger partial charge in [0.1, 0.15) is 91.6 Å². The fourth-order valence-corrected chi connectivity index (χ4v) is 17.3. The zero-order valence-corrected chi connectivity index (χ0v) is 49.7. The van der Waals surface area contributed by atoms with Crippen LogP contribution in [0.5, 0.6) is 0 Å². The summed E-state index contributed by atoms with van der Waals surface area (Å²) in [5.74, 6) is -2.53. The second-order valence-electron chi connectivity index (χ2n) is 27.9. The van der Waals surface area contributed by atoms with Crippen LogP contribution in [0.2, 0.25) is 0 Å². The number of aliphatic hydroxyl groups is 13. The van der Waals surface area contributed by atoms with Crippen molar-refractivity contribution >= 4 is 11.9 Å². The third-order valence-corrected chi connectivity index (χ3v) is 22.5. The fourth-order valence-electron chi connectivity index (χ4n) is 17.3. The number of fused-ring (bicyclic) bond motifs is 7. The summed E-state index contributed by atoms with van der Waals surface area (Å²) >= 11 is 0. The van der Waals surface area contributed by atoms with E-state index >= 15 is 0 Å². The molecule has 14 N–H and O–H groups in total. The Labute approximate surface area is 489 Å². The van der Waals surface area contributed by atoms with Crippen LogP contribution in [0.4, 0.5) is 0 Å². The molecule has 4 aliphatic heterocycles. The van der Waals surface area contributed by atoms with Crippen LogP contribution in [-0.4, -0.2) is 244 Å². The van der Waals surface area contributed by atoms with Gasteiger partial charge in [0.05, 0.1) is 43.5 Å². The van der Waals surface area contributed by atoms with E-state index in [9.17, 15) is 81.1 Å². The van der Waals surface area contributed by atoms with Gasteiger partial charge in [0, 0.05) is 5.57 Å². The second kappa shape index (κ2) is 24.1. The van der Waals surface area contributed by atoms with E-state index in [1.807, 2.05) is 13.8 Å². The molecule has 9 aliphatic rings. The van der Waals surface area contributed by atoms with Gasteiger partial charge in [0.25, 0.3) is 0 Å². The van der Waals surface area contributed by atoms with E-state index in [1.165, 1.54) is 12.5 Å². The highest BCUT2D eigenvalue weighted by atomic mass is 16.8. The van der Waals surface area contributed by atoms with Gasteiger partial charge in [-0.1, -0.05) is 66.2 Å². The largest absolute Gasteiger partial charge is 0.479 e. The molecule has 0 spiro atoms. The number of esters is 1. The maximum Gasteiger partial charge on any atom is 0.335 e.